The lowest BCUT2D eigenvalue weighted by atomic mass is 10.1. The van der Waals surface area contributed by atoms with Crippen LogP contribution in [0.5, 0.6) is 0 Å². The Kier molecular flexibility index (Phi) is 4.04. The van der Waals surface area contributed by atoms with E-state index >= 15 is 0 Å². The van der Waals surface area contributed by atoms with Crippen LogP contribution in [0.1, 0.15) is 38.9 Å². The molecular formula is C14H16FN3OS. The Morgan fingerprint density at radius 3 is 2.65 bits per heavy atom. The number of amides is 1. The molecule has 0 saturated carbocycles. The number of thiazole rings is 1. The average molecular weight is 293 g/mol. The minimum Gasteiger partial charge on any atom is -0.399 e. The monoisotopic (exact) mass is 293 g/mol. The predicted molar refractivity (Wildman–Crippen MR) is 78.3 cm³/mol. The van der Waals surface area contributed by atoms with Gasteiger partial charge in [0, 0.05) is 16.1 Å². The number of nitrogens with zero attached hydrogens (tertiary/aromatic N) is 1. The summed E-state index contributed by atoms with van der Waals surface area (Å²) >= 11 is 1.54. The number of carbonyl (C=O) groups is 1. The van der Waals surface area contributed by atoms with Crippen molar-refractivity contribution in [2.75, 3.05) is 5.73 Å². The largest absolute Gasteiger partial charge is 0.399 e. The number of carbonyl (C=O) groups excluding carboxylic acids is 1. The number of halogens is 1. The van der Waals surface area contributed by atoms with Crippen LogP contribution >= 0.6 is 11.3 Å². The first-order chi connectivity index (χ1) is 9.36. The van der Waals surface area contributed by atoms with Crippen LogP contribution in [0.3, 0.4) is 0 Å². The van der Waals surface area contributed by atoms with Gasteiger partial charge in [0.2, 0.25) is 0 Å². The standard InChI is InChI=1S/C14H16FN3OS/c1-7-13(20-9(3)17-7)8(2)18-14(19)10-4-11(15)6-12(16)5-10/h4-6,8H,16H2,1-3H3,(H,18,19). The molecule has 1 heterocycles. The van der Waals surface area contributed by atoms with Crippen molar-refractivity contribution >= 4 is 22.9 Å². The molecule has 0 aliphatic rings. The summed E-state index contributed by atoms with van der Waals surface area (Å²) in [5.74, 6) is -0.873. The number of hydrogen-bond acceptors (Lipinski definition) is 4. The fraction of sp³-hybridized carbons (Fsp3) is 0.286. The van der Waals surface area contributed by atoms with Gasteiger partial charge < -0.3 is 11.1 Å². The molecule has 0 aliphatic heterocycles. The number of nitrogens with one attached hydrogen (secondary N) is 1. The predicted octanol–water partition coefficient (Wildman–Crippen LogP) is 2.97. The zero-order valence-electron chi connectivity index (χ0n) is 11.5. The van der Waals surface area contributed by atoms with Gasteiger partial charge in [-0.15, -0.1) is 11.3 Å². The lowest BCUT2D eigenvalue weighted by molar-refractivity contribution is 0.0940. The fourth-order valence-electron chi connectivity index (χ4n) is 2.04. The van der Waals surface area contributed by atoms with E-state index in [1.807, 2.05) is 20.8 Å². The number of aromatic nitrogens is 1. The molecule has 0 radical (unpaired) electrons. The number of hydrogen-bond donors (Lipinski definition) is 2. The van der Waals surface area contributed by atoms with Gasteiger partial charge in [-0.25, -0.2) is 9.37 Å². The summed E-state index contributed by atoms with van der Waals surface area (Å²) in [5.41, 5.74) is 6.89. The van der Waals surface area contributed by atoms with Gasteiger partial charge >= 0.3 is 0 Å². The van der Waals surface area contributed by atoms with Crippen LogP contribution in [-0.4, -0.2) is 10.9 Å². The van der Waals surface area contributed by atoms with E-state index in [-0.39, 0.29) is 23.2 Å². The van der Waals surface area contributed by atoms with Gasteiger partial charge in [-0.2, -0.15) is 0 Å². The van der Waals surface area contributed by atoms with E-state index in [0.29, 0.717) is 0 Å². The van der Waals surface area contributed by atoms with Crippen molar-refractivity contribution < 1.29 is 9.18 Å². The van der Waals surface area contributed by atoms with Gasteiger partial charge in [0.1, 0.15) is 5.82 Å². The van der Waals surface area contributed by atoms with Crippen molar-refractivity contribution in [3.8, 4) is 0 Å². The molecule has 3 N–H and O–H groups in total. The molecule has 4 nitrogen and oxygen atoms in total. The zero-order valence-corrected chi connectivity index (χ0v) is 12.3. The van der Waals surface area contributed by atoms with Gasteiger partial charge in [0.15, 0.2) is 0 Å². The molecule has 0 fully saturated rings. The van der Waals surface area contributed by atoms with Gasteiger partial charge in [0.25, 0.3) is 5.91 Å². The van der Waals surface area contributed by atoms with Crippen molar-refractivity contribution in [1.82, 2.24) is 10.3 Å². The average Bonchev–Trinajstić information content (AvgIpc) is 2.67. The lowest BCUT2D eigenvalue weighted by Gasteiger charge is -2.13. The van der Waals surface area contributed by atoms with Crippen molar-refractivity contribution in [2.45, 2.75) is 26.8 Å². The third-order valence-electron chi connectivity index (χ3n) is 2.86. The highest BCUT2D eigenvalue weighted by Crippen LogP contribution is 2.24. The highest BCUT2D eigenvalue weighted by molar-refractivity contribution is 7.11. The Balaban J connectivity index is 2.17. The lowest BCUT2D eigenvalue weighted by Crippen LogP contribution is -2.26. The van der Waals surface area contributed by atoms with E-state index in [9.17, 15) is 9.18 Å². The number of benzene rings is 1. The van der Waals surface area contributed by atoms with Crippen LogP contribution in [-0.2, 0) is 0 Å². The van der Waals surface area contributed by atoms with Crippen LogP contribution in [0.15, 0.2) is 18.2 Å². The summed E-state index contributed by atoms with van der Waals surface area (Å²) in [5, 5.41) is 3.78. The quantitative estimate of drug-likeness (QED) is 0.855. The second-order valence-electron chi connectivity index (χ2n) is 4.65. The maximum Gasteiger partial charge on any atom is 0.251 e. The van der Waals surface area contributed by atoms with Crippen LogP contribution < -0.4 is 11.1 Å². The number of anilines is 1. The maximum atomic E-state index is 13.2. The summed E-state index contributed by atoms with van der Waals surface area (Å²) in [6.07, 6.45) is 0. The molecule has 1 amide bonds. The molecule has 1 atom stereocenters. The van der Waals surface area contributed by atoms with Crippen LogP contribution in [0.2, 0.25) is 0 Å². The maximum absolute atomic E-state index is 13.2. The first-order valence-electron chi connectivity index (χ1n) is 6.17. The summed E-state index contributed by atoms with van der Waals surface area (Å²) in [6.45, 7) is 5.70. The van der Waals surface area contributed by atoms with Crippen molar-refractivity contribution in [1.29, 1.82) is 0 Å². The summed E-state index contributed by atoms with van der Waals surface area (Å²) < 4.78 is 13.2. The first kappa shape index (κ1) is 14.5. The van der Waals surface area contributed by atoms with Crippen molar-refractivity contribution in [2.24, 2.45) is 0 Å². The summed E-state index contributed by atoms with van der Waals surface area (Å²) in [7, 11) is 0. The summed E-state index contributed by atoms with van der Waals surface area (Å²) in [4.78, 5) is 17.4. The number of nitrogens with two attached hydrogens (primary N) is 1. The molecule has 0 bridgehead atoms. The molecule has 2 rings (SSSR count). The molecule has 1 unspecified atom stereocenters. The third kappa shape index (κ3) is 3.14. The smallest absolute Gasteiger partial charge is 0.251 e. The Morgan fingerprint density at radius 1 is 1.40 bits per heavy atom. The van der Waals surface area contributed by atoms with Crippen LogP contribution in [0.25, 0.3) is 0 Å². The van der Waals surface area contributed by atoms with E-state index < -0.39 is 5.82 Å². The van der Waals surface area contributed by atoms with E-state index in [1.54, 1.807) is 11.3 Å². The van der Waals surface area contributed by atoms with Crippen LogP contribution in [0, 0.1) is 19.7 Å². The molecule has 106 valence electrons. The molecule has 0 saturated heterocycles. The van der Waals surface area contributed by atoms with Gasteiger partial charge in [-0.05, 0) is 39.0 Å². The first-order valence-corrected chi connectivity index (χ1v) is 6.99. The highest BCUT2D eigenvalue weighted by atomic mass is 32.1. The molecule has 0 aliphatic carbocycles. The van der Waals surface area contributed by atoms with E-state index in [4.69, 9.17) is 5.73 Å². The molecule has 1 aromatic carbocycles. The van der Waals surface area contributed by atoms with E-state index in [0.717, 1.165) is 15.6 Å². The van der Waals surface area contributed by atoms with Crippen molar-refractivity contribution in [3.05, 3.63) is 45.2 Å². The van der Waals surface area contributed by atoms with E-state index in [1.165, 1.54) is 18.2 Å². The number of aryl methyl sites for hydroxylation is 2. The van der Waals surface area contributed by atoms with E-state index in [2.05, 4.69) is 10.3 Å². The number of rotatable bonds is 3. The van der Waals surface area contributed by atoms with Crippen molar-refractivity contribution in [3.63, 3.8) is 0 Å². The molecule has 1 aromatic heterocycles. The Morgan fingerprint density at radius 2 is 2.10 bits per heavy atom. The van der Waals surface area contributed by atoms with Gasteiger partial charge in [-0.1, -0.05) is 0 Å². The normalized spacial score (nSPS) is 12.2. The SMILES string of the molecule is Cc1nc(C)c(C(C)NC(=O)c2cc(N)cc(F)c2)s1. The highest BCUT2D eigenvalue weighted by Gasteiger charge is 2.16. The molecule has 0 spiro atoms. The minimum absolute atomic E-state index is 0.182. The second-order valence-corrected chi connectivity index (χ2v) is 5.89. The minimum atomic E-state index is -0.521. The fourth-order valence-corrected chi connectivity index (χ4v) is 2.97. The Hall–Kier alpha value is -1.95. The molecule has 6 heteroatoms. The molecule has 2 aromatic rings. The molecule has 20 heavy (non-hydrogen) atoms. The third-order valence-corrected chi connectivity index (χ3v) is 4.12. The summed E-state index contributed by atoms with van der Waals surface area (Å²) in [6, 6.07) is 3.62. The van der Waals surface area contributed by atoms with Crippen LogP contribution in [0.4, 0.5) is 10.1 Å². The number of nitrogen functional groups attached to an aromatic ring is 1. The molecular weight excluding hydrogens is 277 g/mol. The second kappa shape index (κ2) is 5.58. The van der Waals surface area contributed by atoms with Gasteiger partial charge in [0.05, 0.1) is 16.7 Å². The van der Waals surface area contributed by atoms with Gasteiger partial charge in [-0.3, -0.25) is 4.79 Å². The Labute approximate surface area is 120 Å². The Bertz CT molecular complexity index is 634. The topological polar surface area (TPSA) is 68.0 Å². The zero-order chi connectivity index (χ0) is 14.9.